The first kappa shape index (κ1) is 16.9. The van der Waals surface area contributed by atoms with E-state index in [0.717, 1.165) is 31.6 Å². The molecule has 6 heteroatoms. The minimum Gasteiger partial charge on any atom is -0.397 e. The van der Waals surface area contributed by atoms with E-state index in [4.69, 9.17) is 28.9 Å². The van der Waals surface area contributed by atoms with Crippen molar-refractivity contribution < 1.29 is 4.79 Å². The minimum absolute atomic E-state index is 0.256. The highest BCUT2D eigenvalue weighted by atomic mass is 35.5. The molecular weight excluding hydrogens is 345 g/mol. The lowest BCUT2D eigenvalue weighted by atomic mass is 10.1. The van der Waals surface area contributed by atoms with Crippen molar-refractivity contribution in [3.63, 3.8) is 0 Å². The Morgan fingerprint density at radius 3 is 2.54 bits per heavy atom. The van der Waals surface area contributed by atoms with Crippen LogP contribution in [0.15, 0.2) is 36.4 Å². The zero-order valence-corrected chi connectivity index (χ0v) is 14.7. The van der Waals surface area contributed by atoms with Crippen LogP contribution in [0.2, 0.25) is 10.0 Å². The molecule has 1 fully saturated rings. The van der Waals surface area contributed by atoms with Crippen molar-refractivity contribution in [2.75, 3.05) is 29.0 Å². The summed E-state index contributed by atoms with van der Waals surface area (Å²) in [6.45, 7) is 1.93. The summed E-state index contributed by atoms with van der Waals surface area (Å²) in [6.07, 6.45) is 3.53. The number of hydrogen-bond acceptors (Lipinski definition) is 3. The van der Waals surface area contributed by atoms with Gasteiger partial charge >= 0.3 is 0 Å². The minimum atomic E-state index is -0.256. The molecule has 0 unspecified atom stereocenters. The van der Waals surface area contributed by atoms with Crippen molar-refractivity contribution in [3.05, 3.63) is 52.0 Å². The lowest BCUT2D eigenvalue weighted by molar-refractivity contribution is 0.102. The molecule has 2 aromatic carbocycles. The summed E-state index contributed by atoms with van der Waals surface area (Å²) in [5, 5.41) is 3.78. The largest absolute Gasteiger partial charge is 0.397 e. The molecule has 0 radical (unpaired) electrons. The van der Waals surface area contributed by atoms with Crippen molar-refractivity contribution in [2.24, 2.45) is 0 Å². The van der Waals surface area contributed by atoms with Crippen LogP contribution in [0.5, 0.6) is 0 Å². The van der Waals surface area contributed by atoms with Gasteiger partial charge in [-0.15, -0.1) is 0 Å². The van der Waals surface area contributed by atoms with Gasteiger partial charge in [-0.1, -0.05) is 29.3 Å². The molecule has 0 spiro atoms. The summed E-state index contributed by atoms with van der Waals surface area (Å²) in [5.74, 6) is -0.256. The highest BCUT2D eigenvalue weighted by Crippen LogP contribution is 2.35. The summed E-state index contributed by atoms with van der Waals surface area (Å²) in [6, 6.07) is 10.3. The van der Waals surface area contributed by atoms with Gasteiger partial charge in [0.05, 0.1) is 22.1 Å². The lowest BCUT2D eigenvalue weighted by Crippen LogP contribution is -2.30. The van der Waals surface area contributed by atoms with Gasteiger partial charge in [-0.25, -0.2) is 0 Å². The average Bonchev–Trinajstić information content (AvgIpc) is 2.58. The summed E-state index contributed by atoms with van der Waals surface area (Å²) in [4.78, 5) is 14.7. The van der Waals surface area contributed by atoms with Gasteiger partial charge < -0.3 is 16.0 Å². The second-order valence-electron chi connectivity index (χ2n) is 5.90. The summed E-state index contributed by atoms with van der Waals surface area (Å²) < 4.78 is 0. The maximum absolute atomic E-state index is 12.4. The maximum atomic E-state index is 12.4. The number of halogens is 2. The molecule has 1 aliphatic rings. The van der Waals surface area contributed by atoms with Gasteiger partial charge in [0.15, 0.2) is 0 Å². The number of nitrogens with zero attached hydrogens (tertiary/aromatic N) is 1. The summed E-state index contributed by atoms with van der Waals surface area (Å²) in [5.41, 5.74) is 8.70. The molecule has 1 saturated heterocycles. The van der Waals surface area contributed by atoms with Crippen LogP contribution in [-0.2, 0) is 0 Å². The lowest BCUT2D eigenvalue weighted by Gasteiger charge is -2.30. The third-order valence-corrected chi connectivity index (χ3v) is 4.70. The SMILES string of the molecule is Nc1cc(Cl)c(NC(=O)c2cccc(Cl)c2)cc1N1CCCCC1. The first-order valence-corrected chi connectivity index (χ1v) is 8.71. The fourth-order valence-corrected chi connectivity index (χ4v) is 3.32. The number of nitrogen functional groups attached to an aromatic ring is 1. The second-order valence-corrected chi connectivity index (χ2v) is 6.75. The van der Waals surface area contributed by atoms with Crippen LogP contribution in [0.3, 0.4) is 0 Å². The molecule has 1 amide bonds. The molecule has 0 bridgehead atoms. The van der Waals surface area contributed by atoms with Crippen LogP contribution < -0.4 is 16.0 Å². The molecule has 0 atom stereocenters. The van der Waals surface area contributed by atoms with E-state index in [1.165, 1.54) is 6.42 Å². The summed E-state index contributed by atoms with van der Waals surface area (Å²) >= 11 is 12.2. The van der Waals surface area contributed by atoms with Gasteiger partial charge in [0, 0.05) is 23.7 Å². The molecule has 4 nitrogen and oxygen atoms in total. The Kier molecular flexibility index (Phi) is 5.17. The van der Waals surface area contributed by atoms with E-state index in [0.29, 0.717) is 27.0 Å². The normalized spacial score (nSPS) is 14.5. The zero-order valence-electron chi connectivity index (χ0n) is 13.2. The predicted octanol–water partition coefficient (Wildman–Crippen LogP) is 4.82. The maximum Gasteiger partial charge on any atom is 0.255 e. The first-order chi connectivity index (χ1) is 11.5. The van der Waals surface area contributed by atoms with Crippen LogP contribution >= 0.6 is 23.2 Å². The van der Waals surface area contributed by atoms with Gasteiger partial charge in [-0.3, -0.25) is 4.79 Å². The molecule has 1 aliphatic heterocycles. The molecule has 3 N–H and O–H groups in total. The fourth-order valence-electron chi connectivity index (χ4n) is 2.91. The molecule has 0 aliphatic carbocycles. The summed E-state index contributed by atoms with van der Waals surface area (Å²) in [7, 11) is 0. The van der Waals surface area contributed by atoms with E-state index in [2.05, 4.69) is 10.2 Å². The number of rotatable bonds is 3. The van der Waals surface area contributed by atoms with Gasteiger partial charge in [-0.2, -0.15) is 0 Å². The molecule has 2 aromatic rings. The van der Waals surface area contributed by atoms with Gasteiger partial charge in [-0.05, 0) is 49.6 Å². The van der Waals surface area contributed by atoms with Crippen LogP contribution in [0.1, 0.15) is 29.6 Å². The fraction of sp³-hybridized carbons (Fsp3) is 0.278. The first-order valence-electron chi connectivity index (χ1n) is 7.95. The highest BCUT2D eigenvalue weighted by Gasteiger charge is 2.17. The number of hydrogen-bond donors (Lipinski definition) is 2. The van der Waals surface area contributed by atoms with E-state index in [-0.39, 0.29) is 5.91 Å². The predicted molar refractivity (Wildman–Crippen MR) is 101 cm³/mol. The van der Waals surface area contributed by atoms with Crippen LogP contribution in [0.4, 0.5) is 17.1 Å². The second kappa shape index (κ2) is 7.32. The molecular formula is C18H19Cl2N3O. The van der Waals surface area contributed by atoms with Crippen molar-refractivity contribution >= 4 is 46.2 Å². The van der Waals surface area contributed by atoms with E-state index < -0.39 is 0 Å². The number of carbonyl (C=O) groups excluding carboxylic acids is 1. The van der Waals surface area contributed by atoms with Crippen LogP contribution in [0, 0.1) is 0 Å². The van der Waals surface area contributed by atoms with Crippen molar-refractivity contribution in [1.29, 1.82) is 0 Å². The van der Waals surface area contributed by atoms with Gasteiger partial charge in [0.25, 0.3) is 5.91 Å². The van der Waals surface area contributed by atoms with E-state index >= 15 is 0 Å². The number of benzene rings is 2. The Labute approximate surface area is 151 Å². The Bertz CT molecular complexity index is 758. The van der Waals surface area contributed by atoms with Crippen LogP contribution in [-0.4, -0.2) is 19.0 Å². The highest BCUT2D eigenvalue weighted by molar-refractivity contribution is 6.34. The van der Waals surface area contributed by atoms with Gasteiger partial charge in [0.1, 0.15) is 0 Å². The zero-order chi connectivity index (χ0) is 17.1. The molecule has 3 rings (SSSR count). The smallest absolute Gasteiger partial charge is 0.255 e. The molecule has 0 saturated carbocycles. The third-order valence-electron chi connectivity index (χ3n) is 4.15. The number of nitrogens with two attached hydrogens (primary N) is 1. The quantitative estimate of drug-likeness (QED) is 0.768. The van der Waals surface area contributed by atoms with Gasteiger partial charge in [0.2, 0.25) is 0 Å². The Morgan fingerprint density at radius 2 is 1.83 bits per heavy atom. The number of nitrogens with one attached hydrogen (secondary N) is 1. The van der Waals surface area contributed by atoms with E-state index in [1.807, 2.05) is 6.07 Å². The topological polar surface area (TPSA) is 58.4 Å². The number of anilines is 3. The third kappa shape index (κ3) is 3.77. The molecule has 126 valence electrons. The Balaban J connectivity index is 1.86. The van der Waals surface area contributed by atoms with Crippen molar-refractivity contribution in [1.82, 2.24) is 0 Å². The number of amides is 1. The average molecular weight is 364 g/mol. The van der Waals surface area contributed by atoms with Crippen molar-refractivity contribution in [3.8, 4) is 0 Å². The Morgan fingerprint density at radius 1 is 1.08 bits per heavy atom. The monoisotopic (exact) mass is 363 g/mol. The molecule has 1 heterocycles. The number of piperidine rings is 1. The van der Waals surface area contributed by atoms with Crippen LogP contribution in [0.25, 0.3) is 0 Å². The van der Waals surface area contributed by atoms with Crippen molar-refractivity contribution in [2.45, 2.75) is 19.3 Å². The Hall–Kier alpha value is -1.91. The number of carbonyl (C=O) groups is 1. The molecule has 0 aromatic heterocycles. The molecule has 24 heavy (non-hydrogen) atoms. The van der Waals surface area contributed by atoms with E-state index in [1.54, 1.807) is 30.3 Å². The van der Waals surface area contributed by atoms with E-state index in [9.17, 15) is 4.79 Å². The standard InChI is InChI=1S/C18H19Cl2N3O/c19-13-6-4-5-12(9-13)18(24)22-16-11-17(15(21)10-14(16)20)23-7-2-1-3-8-23/h4-6,9-11H,1-3,7-8,21H2,(H,22,24).